The van der Waals surface area contributed by atoms with Crippen LogP contribution in [0.4, 0.5) is 11.4 Å². The fourth-order valence-corrected chi connectivity index (χ4v) is 2.83. The van der Waals surface area contributed by atoms with Crippen LogP contribution >= 0.6 is 0 Å². The Hall–Kier alpha value is -3.93. The predicted molar refractivity (Wildman–Crippen MR) is 100 cm³/mol. The molecule has 0 spiro atoms. The molecule has 2 aromatic carbocycles. The van der Waals surface area contributed by atoms with E-state index in [4.69, 9.17) is 21.1 Å². The van der Waals surface area contributed by atoms with Crippen molar-refractivity contribution in [3.63, 3.8) is 0 Å². The molecule has 0 bridgehead atoms. The van der Waals surface area contributed by atoms with Crippen molar-refractivity contribution in [2.75, 3.05) is 5.43 Å². The van der Waals surface area contributed by atoms with Gasteiger partial charge in [-0.15, -0.1) is 0 Å². The molecule has 0 amide bonds. The third-order valence-corrected chi connectivity index (χ3v) is 4.07. The van der Waals surface area contributed by atoms with Crippen LogP contribution in [0.25, 0.3) is 0 Å². The normalized spacial score (nSPS) is 12.8. The summed E-state index contributed by atoms with van der Waals surface area (Å²) in [6.45, 7) is 0. The number of amidine groups is 1. The molecule has 0 saturated heterocycles. The van der Waals surface area contributed by atoms with Gasteiger partial charge in [0.15, 0.2) is 5.84 Å². The Labute approximate surface area is 154 Å². The lowest BCUT2D eigenvalue weighted by Gasteiger charge is -2.09. The number of benzene rings is 2. The third kappa shape index (κ3) is 4.19. The SMILES string of the molecule is N#C/C(=N\Nc1cc(Oc2ccc3c(c2)CCC3)cc([N+](=O)[O-])c1)C(=N)N. The van der Waals surface area contributed by atoms with Crippen molar-refractivity contribution in [3.05, 3.63) is 57.6 Å². The van der Waals surface area contributed by atoms with Crippen molar-refractivity contribution < 1.29 is 9.66 Å². The van der Waals surface area contributed by atoms with Crippen molar-refractivity contribution in [2.45, 2.75) is 19.3 Å². The van der Waals surface area contributed by atoms with Crippen LogP contribution in [0, 0.1) is 26.9 Å². The molecule has 0 unspecified atom stereocenters. The van der Waals surface area contributed by atoms with E-state index in [0.29, 0.717) is 5.75 Å². The lowest BCUT2D eigenvalue weighted by atomic mass is 10.1. The average molecular weight is 364 g/mol. The number of hydrazone groups is 1. The van der Waals surface area contributed by atoms with Gasteiger partial charge in [-0.1, -0.05) is 6.07 Å². The zero-order chi connectivity index (χ0) is 19.4. The predicted octanol–water partition coefficient (Wildman–Crippen LogP) is 3.10. The Bertz CT molecular complexity index is 993. The monoisotopic (exact) mass is 364 g/mol. The minimum Gasteiger partial charge on any atom is -0.457 e. The number of fused-ring (bicyclic) bond motifs is 1. The van der Waals surface area contributed by atoms with Crippen LogP contribution in [-0.4, -0.2) is 16.5 Å². The number of rotatable bonds is 6. The largest absolute Gasteiger partial charge is 0.457 e. The van der Waals surface area contributed by atoms with Crippen molar-refractivity contribution in [1.82, 2.24) is 0 Å². The first-order chi connectivity index (χ1) is 13.0. The van der Waals surface area contributed by atoms with Crippen LogP contribution < -0.4 is 15.9 Å². The van der Waals surface area contributed by atoms with E-state index < -0.39 is 10.8 Å². The molecular formula is C18H16N6O3. The number of nitro groups is 1. The molecule has 3 rings (SSSR count). The molecule has 9 nitrogen and oxygen atoms in total. The summed E-state index contributed by atoms with van der Waals surface area (Å²) in [5.41, 5.74) is 9.94. The summed E-state index contributed by atoms with van der Waals surface area (Å²) in [6.07, 6.45) is 3.15. The van der Waals surface area contributed by atoms with Gasteiger partial charge in [-0.2, -0.15) is 10.4 Å². The number of hydrogen-bond acceptors (Lipinski definition) is 7. The zero-order valence-corrected chi connectivity index (χ0v) is 14.2. The van der Waals surface area contributed by atoms with E-state index in [-0.39, 0.29) is 22.8 Å². The smallest absolute Gasteiger partial charge is 0.275 e. The maximum Gasteiger partial charge on any atom is 0.275 e. The second kappa shape index (κ2) is 7.53. The molecule has 0 aromatic heterocycles. The summed E-state index contributed by atoms with van der Waals surface area (Å²) in [5.74, 6) is 0.332. The number of ether oxygens (including phenoxy) is 1. The molecular weight excluding hydrogens is 348 g/mol. The molecule has 4 N–H and O–H groups in total. The summed E-state index contributed by atoms with van der Waals surface area (Å²) in [4.78, 5) is 10.6. The van der Waals surface area contributed by atoms with Crippen LogP contribution in [-0.2, 0) is 12.8 Å². The Morgan fingerprint density at radius 3 is 2.74 bits per heavy atom. The molecule has 2 aromatic rings. The van der Waals surface area contributed by atoms with Gasteiger partial charge in [0.1, 0.15) is 17.6 Å². The van der Waals surface area contributed by atoms with E-state index in [1.165, 1.54) is 29.3 Å². The molecule has 1 aliphatic carbocycles. The van der Waals surface area contributed by atoms with Crippen molar-refractivity contribution >= 4 is 22.9 Å². The lowest BCUT2D eigenvalue weighted by Crippen LogP contribution is -2.21. The molecule has 1 aliphatic rings. The molecule has 9 heteroatoms. The highest BCUT2D eigenvalue weighted by Gasteiger charge is 2.14. The van der Waals surface area contributed by atoms with E-state index in [2.05, 4.69) is 10.5 Å². The molecule has 0 atom stereocenters. The van der Waals surface area contributed by atoms with Gasteiger partial charge in [-0.05, 0) is 42.5 Å². The summed E-state index contributed by atoms with van der Waals surface area (Å²) >= 11 is 0. The number of nitrogens with zero attached hydrogens (tertiary/aromatic N) is 3. The van der Waals surface area contributed by atoms with Gasteiger partial charge < -0.3 is 10.5 Å². The highest BCUT2D eigenvalue weighted by molar-refractivity contribution is 6.45. The van der Waals surface area contributed by atoms with Gasteiger partial charge in [-0.25, -0.2) is 0 Å². The first-order valence-electron chi connectivity index (χ1n) is 8.13. The lowest BCUT2D eigenvalue weighted by molar-refractivity contribution is -0.384. The van der Waals surface area contributed by atoms with E-state index in [1.54, 1.807) is 6.07 Å². The molecule has 0 radical (unpaired) electrons. The highest BCUT2D eigenvalue weighted by atomic mass is 16.6. The number of aryl methyl sites for hydroxylation is 2. The maximum atomic E-state index is 11.2. The molecule has 0 saturated carbocycles. The standard InChI is InChI=1S/C18H16N6O3/c19-10-17(18(20)21)23-22-13-7-14(24(25)26)9-16(8-13)27-15-5-4-11-2-1-3-12(11)6-15/h4-9,22H,1-3H2,(H3,20,21)/b23-17+. The number of nitro benzene ring substituents is 1. The van der Waals surface area contributed by atoms with E-state index >= 15 is 0 Å². The zero-order valence-electron chi connectivity index (χ0n) is 14.2. The molecule has 136 valence electrons. The van der Waals surface area contributed by atoms with Gasteiger partial charge in [0.05, 0.1) is 16.7 Å². The maximum absolute atomic E-state index is 11.2. The van der Waals surface area contributed by atoms with Gasteiger partial charge in [0.25, 0.3) is 5.69 Å². The first-order valence-corrected chi connectivity index (χ1v) is 8.13. The van der Waals surface area contributed by atoms with Crippen LogP contribution in [0.5, 0.6) is 11.5 Å². The molecule has 27 heavy (non-hydrogen) atoms. The fraction of sp³-hybridized carbons (Fsp3) is 0.167. The van der Waals surface area contributed by atoms with Crippen LogP contribution in [0.3, 0.4) is 0 Å². The number of nitrogens with two attached hydrogens (primary N) is 1. The average Bonchev–Trinajstić information content (AvgIpc) is 3.09. The van der Waals surface area contributed by atoms with Gasteiger partial charge in [0.2, 0.25) is 5.71 Å². The minimum atomic E-state index is -0.555. The summed E-state index contributed by atoms with van der Waals surface area (Å²) in [7, 11) is 0. The summed E-state index contributed by atoms with van der Waals surface area (Å²) in [5, 5.41) is 31.0. The number of nitrogens with one attached hydrogen (secondary N) is 2. The molecule has 0 aliphatic heterocycles. The highest BCUT2D eigenvalue weighted by Crippen LogP contribution is 2.32. The minimum absolute atomic E-state index is 0.201. The Balaban J connectivity index is 1.88. The third-order valence-electron chi connectivity index (χ3n) is 4.07. The fourth-order valence-electron chi connectivity index (χ4n) is 2.83. The van der Waals surface area contributed by atoms with Crippen LogP contribution in [0.15, 0.2) is 41.5 Å². The van der Waals surface area contributed by atoms with Crippen molar-refractivity contribution in [3.8, 4) is 17.6 Å². The molecule has 0 heterocycles. The van der Waals surface area contributed by atoms with Gasteiger partial charge in [-0.3, -0.25) is 20.9 Å². The summed E-state index contributed by atoms with van der Waals surface area (Å²) < 4.78 is 5.79. The van der Waals surface area contributed by atoms with Crippen LogP contribution in [0.2, 0.25) is 0 Å². The first kappa shape index (κ1) is 17.9. The summed E-state index contributed by atoms with van der Waals surface area (Å²) in [6, 6.07) is 11.5. The van der Waals surface area contributed by atoms with Gasteiger partial charge >= 0.3 is 0 Å². The quantitative estimate of drug-likeness (QED) is 0.310. The van der Waals surface area contributed by atoms with E-state index in [9.17, 15) is 10.1 Å². The number of hydrogen-bond donors (Lipinski definition) is 3. The van der Waals surface area contributed by atoms with E-state index in [0.717, 1.165) is 19.3 Å². The van der Waals surface area contributed by atoms with E-state index in [1.807, 2.05) is 18.2 Å². The molecule has 0 fully saturated rings. The second-order valence-electron chi connectivity index (χ2n) is 5.96. The topological polar surface area (TPSA) is 150 Å². The van der Waals surface area contributed by atoms with Gasteiger partial charge in [0, 0.05) is 12.1 Å². The second-order valence-corrected chi connectivity index (χ2v) is 5.96. The number of non-ortho nitro benzene ring substituents is 1. The van der Waals surface area contributed by atoms with Crippen LogP contribution in [0.1, 0.15) is 17.5 Å². The number of nitriles is 1. The Morgan fingerprint density at radius 2 is 2.04 bits per heavy atom. The van der Waals surface area contributed by atoms with Crippen molar-refractivity contribution in [1.29, 1.82) is 10.7 Å². The Morgan fingerprint density at radius 1 is 1.26 bits per heavy atom. The van der Waals surface area contributed by atoms with Crippen molar-refractivity contribution in [2.24, 2.45) is 10.8 Å². The Kier molecular flexibility index (Phi) is 4.99. The number of anilines is 1.